The van der Waals surface area contributed by atoms with Crippen molar-refractivity contribution in [3.8, 4) is 5.75 Å². The minimum absolute atomic E-state index is 0.00570. The van der Waals surface area contributed by atoms with E-state index in [0.29, 0.717) is 17.5 Å². The van der Waals surface area contributed by atoms with Crippen molar-refractivity contribution in [2.24, 2.45) is 12.5 Å². The number of aromatic hydroxyl groups is 1. The van der Waals surface area contributed by atoms with Crippen LogP contribution in [0, 0.1) is 5.41 Å². The van der Waals surface area contributed by atoms with Crippen LogP contribution in [0.5, 0.6) is 5.75 Å². The van der Waals surface area contributed by atoms with Gasteiger partial charge in [-0.15, -0.1) is 0 Å². The monoisotopic (exact) mass is 607 g/mol. The van der Waals surface area contributed by atoms with E-state index in [1.165, 1.54) is 19.2 Å². The fourth-order valence-electron chi connectivity index (χ4n) is 4.35. The molecule has 234 valence electrons. The summed E-state index contributed by atoms with van der Waals surface area (Å²) >= 11 is 0. The van der Waals surface area contributed by atoms with Crippen LogP contribution < -0.4 is 26.8 Å². The number of aryl methyl sites for hydroxylation is 1. The van der Waals surface area contributed by atoms with E-state index in [1.54, 1.807) is 26.8 Å². The predicted molar refractivity (Wildman–Crippen MR) is 162 cm³/mol. The number of aliphatic carboxylic acids is 1. The number of rotatable bonds is 12. The summed E-state index contributed by atoms with van der Waals surface area (Å²) in [4.78, 5) is 73.7. The van der Waals surface area contributed by atoms with Gasteiger partial charge in [0.25, 0.3) is 11.5 Å². The van der Waals surface area contributed by atoms with Gasteiger partial charge in [-0.1, -0.05) is 57.2 Å². The van der Waals surface area contributed by atoms with E-state index in [1.807, 2.05) is 30.3 Å². The van der Waals surface area contributed by atoms with Crippen molar-refractivity contribution >= 4 is 40.5 Å². The number of amides is 4. The second-order valence-corrected chi connectivity index (χ2v) is 11.4. The molecule has 0 aliphatic rings. The second-order valence-electron chi connectivity index (χ2n) is 11.4. The molecule has 6 N–H and O–H groups in total. The summed E-state index contributed by atoms with van der Waals surface area (Å²) in [5, 5.41) is 29.9. The average molecular weight is 608 g/mol. The molecule has 0 bridgehead atoms. The Bertz CT molecular complexity index is 1630. The number of carbonyl (C=O) groups is 5. The van der Waals surface area contributed by atoms with Gasteiger partial charge in [-0.05, 0) is 29.7 Å². The van der Waals surface area contributed by atoms with Crippen LogP contribution in [0.4, 0.5) is 0 Å². The largest absolute Gasteiger partial charge is 0.506 e. The third-order valence-electron chi connectivity index (χ3n) is 6.77. The minimum Gasteiger partial charge on any atom is -0.506 e. The van der Waals surface area contributed by atoms with Gasteiger partial charge in [0.05, 0.1) is 12.1 Å². The number of nitrogens with zero attached hydrogens (tertiary/aromatic N) is 1. The lowest BCUT2D eigenvalue weighted by molar-refractivity contribution is -0.136. The standard InChI is InChI=1S/C31H37N5O8/c1-31(2,3)30(44)35-20(12-18-8-6-5-7-9-18)14-23(37)33-16-24(38)32-15-19-10-11-22-21(13-19)27(41)26(29(43)36(22)4)28(42)34-17-25(39)40/h5-11,13,20,41H,12,14-17H2,1-4H3,(H,32,38)(H,33,37)(H,34,42)(H,35,44)(H,39,40)/t20-/m0/s1. The molecule has 13 heteroatoms. The van der Waals surface area contributed by atoms with Crippen molar-refractivity contribution in [1.29, 1.82) is 0 Å². The Morgan fingerprint density at radius 1 is 0.886 bits per heavy atom. The molecule has 2 aromatic carbocycles. The number of carboxylic acids is 1. The Morgan fingerprint density at radius 2 is 1.57 bits per heavy atom. The minimum atomic E-state index is -1.32. The Labute approximate surface area is 253 Å². The molecule has 1 aromatic heterocycles. The van der Waals surface area contributed by atoms with Crippen molar-refractivity contribution < 1.29 is 34.2 Å². The topological polar surface area (TPSA) is 196 Å². The van der Waals surface area contributed by atoms with Crippen molar-refractivity contribution in [1.82, 2.24) is 25.8 Å². The highest BCUT2D eigenvalue weighted by atomic mass is 16.4. The normalized spacial score (nSPS) is 11.8. The van der Waals surface area contributed by atoms with Crippen LogP contribution in [-0.4, -0.2) is 63.5 Å². The maximum atomic E-state index is 12.7. The Hall–Kier alpha value is -5.20. The first-order valence-electron chi connectivity index (χ1n) is 13.9. The number of aromatic nitrogens is 1. The first kappa shape index (κ1) is 33.3. The zero-order chi connectivity index (χ0) is 32.6. The van der Waals surface area contributed by atoms with Gasteiger partial charge in [0.1, 0.15) is 17.9 Å². The van der Waals surface area contributed by atoms with E-state index >= 15 is 0 Å². The highest BCUT2D eigenvalue weighted by Crippen LogP contribution is 2.27. The van der Waals surface area contributed by atoms with Gasteiger partial charge in [-0.3, -0.25) is 28.8 Å². The number of pyridine rings is 1. The summed E-state index contributed by atoms with van der Waals surface area (Å²) in [5.74, 6) is -4.07. The summed E-state index contributed by atoms with van der Waals surface area (Å²) < 4.78 is 1.15. The third kappa shape index (κ3) is 8.90. The summed E-state index contributed by atoms with van der Waals surface area (Å²) in [6, 6.07) is 13.6. The molecule has 0 unspecified atom stereocenters. The summed E-state index contributed by atoms with van der Waals surface area (Å²) in [7, 11) is 1.40. The lowest BCUT2D eigenvalue weighted by Crippen LogP contribution is -2.46. The van der Waals surface area contributed by atoms with Gasteiger partial charge in [-0.2, -0.15) is 0 Å². The number of carboxylic acid groups (broad SMARTS) is 1. The molecular weight excluding hydrogens is 570 g/mol. The zero-order valence-electron chi connectivity index (χ0n) is 25.0. The van der Waals surface area contributed by atoms with Crippen LogP contribution >= 0.6 is 0 Å². The SMILES string of the molecule is Cn1c(=O)c(C(=O)NCC(=O)O)c(O)c2cc(CNC(=O)CNC(=O)C[C@H](Cc3ccccc3)NC(=O)C(C)(C)C)ccc21. The number of hydrogen-bond acceptors (Lipinski definition) is 7. The van der Waals surface area contributed by atoms with Crippen LogP contribution in [0.1, 0.15) is 48.7 Å². The molecule has 0 spiro atoms. The second kappa shape index (κ2) is 14.3. The van der Waals surface area contributed by atoms with Crippen LogP contribution in [0.15, 0.2) is 53.3 Å². The smallest absolute Gasteiger partial charge is 0.322 e. The lowest BCUT2D eigenvalue weighted by Gasteiger charge is -2.24. The van der Waals surface area contributed by atoms with Gasteiger partial charge in [0.15, 0.2) is 0 Å². The fraction of sp³-hybridized carbons (Fsp3) is 0.355. The van der Waals surface area contributed by atoms with E-state index < -0.39 is 58.6 Å². The number of fused-ring (bicyclic) bond motifs is 1. The third-order valence-corrected chi connectivity index (χ3v) is 6.77. The molecule has 3 aromatic rings. The number of hydrogen-bond donors (Lipinski definition) is 6. The van der Waals surface area contributed by atoms with E-state index in [9.17, 15) is 33.9 Å². The Balaban J connectivity index is 1.63. The Morgan fingerprint density at radius 3 is 2.20 bits per heavy atom. The highest BCUT2D eigenvalue weighted by molar-refractivity contribution is 6.03. The number of carbonyl (C=O) groups excluding carboxylic acids is 4. The first-order chi connectivity index (χ1) is 20.7. The van der Waals surface area contributed by atoms with Gasteiger partial charge in [0.2, 0.25) is 17.7 Å². The lowest BCUT2D eigenvalue weighted by atomic mass is 9.94. The molecule has 0 fully saturated rings. The van der Waals surface area contributed by atoms with Crippen molar-refractivity contribution in [3.05, 3.63) is 75.6 Å². The van der Waals surface area contributed by atoms with E-state index in [-0.39, 0.29) is 30.8 Å². The average Bonchev–Trinajstić information content (AvgIpc) is 2.96. The molecule has 0 aliphatic heterocycles. The van der Waals surface area contributed by atoms with Crippen molar-refractivity contribution in [2.45, 2.75) is 46.2 Å². The van der Waals surface area contributed by atoms with Crippen LogP contribution in [0.3, 0.4) is 0 Å². The van der Waals surface area contributed by atoms with Gasteiger partial charge in [-0.25, -0.2) is 0 Å². The number of benzene rings is 2. The van der Waals surface area contributed by atoms with E-state index in [4.69, 9.17) is 5.11 Å². The molecule has 0 aliphatic carbocycles. The number of nitrogens with one attached hydrogen (secondary N) is 4. The molecule has 1 atom stereocenters. The van der Waals surface area contributed by atoms with E-state index in [2.05, 4.69) is 21.3 Å². The first-order valence-corrected chi connectivity index (χ1v) is 13.9. The molecule has 0 saturated carbocycles. The molecule has 0 radical (unpaired) electrons. The molecule has 44 heavy (non-hydrogen) atoms. The van der Waals surface area contributed by atoms with Crippen LogP contribution in [0.25, 0.3) is 10.9 Å². The van der Waals surface area contributed by atoms with Crippen molar-refractivity contribution in [3.63, 3.8) is 0 Å². The van der Waals surface area contributed by atoms with Crippen LogP contribution in [0.2, 0.25) is 0 Å². The van der Waals surface area contributed by atoms with E-state index in [0.717, 1.165) is 10.1 Å². The van der Waals surface area contributed by atoms with Gasteiger partial charge in [0, 0.05) is 36.9 Å². The quantitative estimate of drug-likeness (QED) is 0.175. The summed E-state index contributed by atoms with van der Waals surface area (Å²) in [6.45, 7) is 4.30. The fourth-order valence-corrected chi connectivity index (χ4v) is 4.35. The maximum Gasteiger partial charge on any atom is 0.322 e. The molecule has 3 rings (SSSR count). The Kier molecular flexibility index (Phi) is 10.8. The predicted octanol–water partition coefficient (Wildman–Crippen LogP) is 0.955. The van der Waals surface area contributed by atoms with Gasteiger partial charge < -0.3 is 36.0 Å². The van der Waals surface area contributed by atoms with Crippen LogP contribution in [-0.2, 0) is 39.2 Å². The molecule has 1 heterocycles. The van der Waals surface area contributed by atoms with Crippen molar-refractivity contribution in [2.75, 3.05) is 13.1 Å². The molecule has 4 amide bonds. The molecule has 13 nitrogen and oxygen atoms in total. The van der Waals surface area contributed by atoms with Gasteiger partial charge >= 0.3 is 5.97 Å². The summed E-state index contributed by atoms with van der Waals surface area (Å²) in [6.07, 6.45) is 0.403. The molecule has 0 saturated heterocycles. The summed E-state index contributed by atoms with van der Waals surface area (Å²) in [5.41, 5.74) is -0.266. The maximum absolute atomic E-state index is 12.7. The molecular formula is C31H37N5O8. The highest BCUT2D eigenvalue weighted by Gasteiger charge is 2.26. The zero-order valence-corrected chi connectivity index (χ0v) is 25.0.